The van der Waals surface area contributed by atoms with Gasteiger partial charge in [-0.05, 0) is 283 Å². The highest BCUT2D eigenvalue weighted by Crippen LogP contribution is 2.49. The summed E-state index contributed by atoms with van der Waals surface area (Å²) in [5.74, 6) is 2.32. The maximum atomic E-state index is 5.95. The third kappa shape index (κ3) is 10.4. The molecule has 0 spiro atoms. The van der Waals surface area contributed by atoms with Gasteiger partial charge in [0.25, 0.3) is 0 Å². The van der Waals surface area contributed by atoms with E-state index in [1.165, 1.54) is 64.8 Å². The molecule has 0 unspecified atom stereocenters. The first-order chi connectivity index (χ1) is 67.4. The zero-order valence-electron chi connectivity index (χ0n) is 72.8. The average molecular weight is 1730 g/mol. The van der Waals surface area contributed by atoms with Crippen molar-refractivity contribution in [3.8, 4) is 73.5 Å². The quantitative estimate of drug-likeness (QED) is 0.140. The lowest BCUT2D eigenvalue weighted by atomic mass is 9.90. The topological polar surface area (TPSA) is 105 Å². The van der Waals surface area contributed by atoms with Crippen molar-refractivity contribution in [2.45, 2.75) is 0 Å². The number of benzene rings is 22. The summed E-state index contributed by atoms with van der Waals surface area (Å²) in [5, 5.41) is 26.4. The van der Waals surface area contributed by atoms with Crippen LogP contribution in [0.2, 0.25) is 0 Å². The van der Waals surface area contributed by atoms with Gasteiger partial charge in [0.2, 0.25) is 17.8 Å². The minimum absolute atomic E-state index is 0.753. The van der Waals surface area contributed by atoms with Crippen LogP contribution in [0.25, 0.3) is 297 Å². The predicted octanol–water partition coefficient (Wildman–Crippen LogP) is 31.4. The number of fused-ring (bicyclic) bond motifs is 35. The number of hydrogen-bond acceptors (Lipinski definition) is 6. The number of aromatic nitrogens is 12. The van der Waals surface area contributed by atoms with E-state index in [2.05, 4.69) is 452 Å². The zero-order valence-corrected chi connectivity index (χ0v) is 72.8. The number of imidazole rings is 3. The molecule has 0 aliphatic rings. The highest BCUT2D eigenvalue weighted by Gasteiger charge is 2.29. The molecular weight excluding hydrogens is 1660 g/mol. The molecular formula is C124H70N12. The number of hydrogen-bond donors (Lipinski definition) is 0. The van der Waals surface area contributed by atoms with Crippen LogP contribution in [0.3, 0.4) is 0 Å². The largest absolute Gasteiger partial charge is 0.279 e. The molecule has 0 saturated heterocycles. The molecule has 0 fully saturated rings. The first-order valence-corrected chi connectivity index (χ1v) is 46.4. The summed E-state index contributed by atoms with van der Waals surface area (Å²) in [5.41, 5.74) is 28.4. The molecule has 0 radical (unpaired) electrons. The smallest absolute Gasteiger partial charge is 0.221 e. The SMILES string of the molecule is c1ccc2cc(-c3ccc4c(c3)c3c5ccccc5ccc3n4-c3nc4cc(-c5ccc6c(-c7ccc8c(c7)c7c9ccccc9ccc7n8-c7nc8cc(-c9ccc%10c(-c%11ccc%12c(c%11)c%11c%13ccccc%13ccc%11n%12-c%11nc%12ccccc%12c%12nc%13ccccc%13n%11%12)cc%11ccccc%11c%10c9)ccc8c8nc9ccccc9n78)cccc6c5)ccc4c4nc5ccccc5n34)ccc2c1. The molecule has 0 amide bonds. The van der Waals surface area contributed by atoms with Gasteiger partial charge in [-0.3, -0.25) is 26.9 Å². The molecule has 0 saturated carbocycles. The van der Waals surface area contributed by atoms with E-state index in [9.17, 15) is 0 Å². The Kier molecular flexibility index (Phi) is 14.8. The number of nitrogens with zero attached hydrogens (tertiary/aromatic N) is 12. The van der Waals surface area contributed by atoms with Gasteiger partial charge in [-0.2, -0.15) is 0 Å². The second-order valence-electron chi connectivity index (χ2n) is 36.4. The Morgan fingerprint density at radius 1 is 0.140 bits per heavy atom. The monoisotopic (exact) mass is 1730 g/mol. The van der Waals surface area contributed by atoms with Crippen molar-refractivity contribution in [2.75, 3.05) is 0 Å². The molecule has 0 bridgehead atoms. The normalized spacial score (nSPS) is 12.4. The van der Waals surface area contributed by atoms with E-state index in [0.717, 1.165) is 232 Å². The Labute approximate surface area is 773 Å². The Hall–Kier alpha value is -18.5. The van der Waals surface area contributed by atoms with Crippen molar-refractivity contribution in [3.05, 3.63) is 425 Å². The van der Waals surface area contributed by atoms with E-state index in [0.29, 0.717) is 0 Å². The zero-order chi connectivity index (χ0) is 88.4. The minimum Gasteiger partial charge on any atom is -0.279 e. The second kappa shape index (κ2) is 27.5. The Morgan fingerprint density at radius 3 is 0.963 bits per heavy atom. The molecule has 31 rings (SSSR count). The van der Waals surface area contributed by atoms with Crippen LogP contribution in [0.4, 0.5) is 0 Å². The van der Waals surface area contributed by atoms with Crippen LogP contribution in [0.1, 0.15) is 0 Å². The first-order valence-electron chi connectivity index (χ1n) is 46.4. The Morgan fingerprint density at radius 2 is 0.456 bits per heavy atom. The van der Waals surface area contributed by atoms with Gasteiger partial charge in [-0.1, -0.05) is 273 Å². The fourth-order valence-corrected chi connectivity index (χ4v) is 23.0. The Bertz CT molecular complexity index is 10800. The lowest BCUT2D eigenvalue weighted by Gasteiger charge is -2.15. The van der Waals surface area contributed by atoms with Gasteiger partial charge in [-0.25, -0.2) is 29.9 Å². The average Bonchev–Trinajstić information content (AvgIpc) is 1.55. The van der Waals surface area contributed by atoms with Crippen molar-refractivity contribution in [3.63, 3.8) is 0 Å². The Balaban J connectivity index is 0.537. The van der Waals surface area contributed by atoms with Crippen molar-refractivity contribution >= 4 is 224 Å². The van der Waals surface area contributed by atoms with Crippen LogP contribution in [0, 0.1) is 0 Å². The summed E-state index contributed by atoms with van der Waals surface area (Å²) in [4.78, 5) is 33.6. The fraction of sp³-hybridized carbons (Fsp3) is 0. The fourth-order valence-electron chi connectivity index (χ4n) is 23.0. The van der Waals surface area contributed by atoms with Gasteiger partial charge in [0, 0.05) is 48.5 Å². The maximum Gasteiger partial charge on any atom is 0.221 e. The molecule has 12 heteroatoms. The van der Waals surface area contributed by atoms with Crippen LogP contribution in [-0.4, -0.2) is 56.8 Å². The van der Waals surface area contributed by atoms with E-state index in [1.54, 1.807) is 0 Å². The van der Waals surface area contributed by atoms with Crippen LogP contribution in [0.5, 0.6) is 0 Å². The summed E-state index contributed by atoms with van der Waals surface area (Å²) in [6.45, 7) is 0. The van der Waals surface area contributed by atoms with E-state index >= 15 is 0 Å². The number of para-hydroxylation sites is 7. The minimum atomic E-state index is 0.753. The van der Waals surface area contributed by atoms with Crippen LogP contribution >= 0.6 is 0 Å². The summed E-state index contributed by atoms with van der Waals surface area (Å²) < 4.78 is 13.9. The van der Waals surface area contributed by atoms with Crippen molar-refractivity contribution < 1.29 is 0 Å². The number of rotatable bonds is 8. The summed E-state index contributed by atoms with van der Waals surface area (Å²) in [6.07, 6.45) is 0. The highest BCUT2D eigenvalue weighted by molar-refractivity contribution is 6.26. The first kappa shape index (κ1) is 73.3. The summed E-state index contributed by atoms with van der Waals surface area (Å²) >= 11 is 0. The molecule has 9 aromatic heterocycles. The van der Waals surface area contributed by atoms with Gasteiger partial charge < -0.3 is 0 Å². The molecule has 626 valence electrons. The van der Waals surface area contributed by atoms with Gasteiger partial charge in [0.1, 0.15) is 16.9 Å². The molecule has 0 aliphatic carbocycles. The van der Waals surface area contributed by atoms with E-state index in [4.69, 9.17) is 29.9 Å². The van der Waals surface area contributed by atoms with E-state index in [-0.39, 0.29) is 0 Å². The molecule has 9 heterocycles. The molecule has 12 nitrogen and oxygen atoms in total. The van der Waals surface area contributed by atoms with Gasteiger partial charge in [0.15, 0.2) is 0 Å². The highest BCUT2D eigenvalue weighted by atomic mass is 15.3. The van der Waals surface area contributed by atoms with Gasteiger partial charge >= 0.3 is 0 Å². The summed E-state index contributed by atoms with van der Waals surface area (Å²) in [7, 11) is 0. The summed E-state index contributed by atoms with van der Waals surface area (Å²) in [6, 6.07) is 155. The standard InChI is InChI=1S/C124H70N12/c1-2-24-75-62-76(41-40-71(75)20-1)79-49-56-107-98(65-79)116-89-28-8-3-21-72(89)46-59-113(116)132(107)123-129-105-69-80(44-54-94(105)120-126-103-35-14-17-38-111(103)135(120)123)77-42-52-88-82(63-77)26-19-32-86(88)84-50-57-108-99(67-84)117-90-29-9-4-22-73(90)48-61-115(117)133(108)124-130-106-70-81(45-55-95(106)121-127-104-36-15-18-39-112(104)136(121)124)78-43-53-92-96(66-83-25-6-7-27-87(83)97(92)64-78)85-51-58-109-100(68-85)118-91-30-10-5-23-74(91)47-60-114(118)131(109)122-128-101-33-12-11-31-93(101)119-125-102-34-13-16-37-110(102)134(119)122/h1-70H. The maximum absolute atomic E-state index is 5.95. The van der Waals surface area contributed by atoms with Crippen molar-refractivity contribution in [1.82, 2.24) is 56.8 Å². The van der Waals surface area contributed by atoms with E-state index < -0.39 is 0 Å². The lowest BCUT2D eigenvalue weighted by Crippen LogP contribution is -2.06. The lowest BCUT2D eigenvalue weighted by molar-refractivity contribution is 0.979. The molecule has 31 aromatic rings. The van der Waals surface area contributed by atoms with Crippen molar-refractivity contribution in [2.24, 2.45) is 0 Å². The van der Waals surface area contributed by atoms with Crippen molar-refractivity contribution in [1.29, 1.82) is 0 Å². The third-order valence-corrected chi connectivity index (χ3v) is 29.2. The van der Waals surface area contributed by atoms with Gasteiger partial charge in [-0.15, -0.1) is 0 Å². The molecule has 0 aliphatic heterocycles. The third-order valence-electron chi connectivity index (χ3n) is 29.2. The van der Waals surface area contributed by atoms with Crippen LogP contribution in [0.15, 0.2) is 425 Å². The van der Waals surface area contributed by atoms with E-state index in [1.807, 2.05) is 0 Å². The molecule has 22 aromatic carbocycles. The van der Waals surface area contributed by atoms with Gasteiger partial charge in [0.05, 0.1) is 82.8 Å². The molecule has 0 N–H and O–H groups in total. The predicted molar refractivity (Wildman–Crippen MR) is 564 cm³/mol. The molecule has 136 heavy (non-hydrogen) atoms. The second-order valence-corrected chi connectivity index (χ2v) is 36.4. The van der Waals surface area contributed by atoms with Crippen LogP contribution in [-0.2, 0) is 0 Å². The molecule has 0 atom stereocenters. The van der Waals surface area contributed by atoms with Crippen LogP contribution < -0.4 is 0 Å².